The normalized spacial score (nSPS) is 10.5. The van der Waals surface area contributed by atoms with E-state index in [1.54, 1.807) is 20.4 Å². The number of methoxy groups -OCH3 is 2. The summed E-state index contributed by atoms with van der Waals surface area (Å²) in [6, 6.07) is 23.6. The Morgan fingerprint density at radius 3 is 2.06 bits per heavy atom. The van der Waals surface area contributed by atoms with Crippen LogP contribution in [0.2, 0.25) is 0 Å². The highest BCUT2D eigenvalue weighted by atomic mass is 32.1. The SMILES string of the molecule is COc1cc(/C=N\NC(=S)NCc2ccccc2)cc(OC)c1OCc1ccccc1. The molecule has 7 heteroatoms. The molecule has 6 nitrogen and oxygen atoms in total. The van der Waals surface area contributed by atoms with Crippen LogP contribution < -0.4 is 25.0 Å². The highest BCUT2D eigenvalue weighted by Gasteiger charge is 2.14. The van der Waals surface area contributed by atoms with Gasteiger partial charge in [-0.05, 0) is 35.5 Å². The Morgan fingerprint density at radius 2 is 1.48 bits per heavy atom. The maximum Gasteiger partial charge on any atom is 0.203 e. The van der Waals surface area contributed by atoms with Gasteiger partial charge in [0.05, 0.1) is 20.4 Å². The second-order valence-electron chi connectivity index (χ2n) is 6.57. The van der Waals surface area contributed by atoms with Crippen LogP contribution in [-0.4, -0.2) is 25.5 Å². The quantitative estimate of drug-likeness (QED) is 0.297. The molecule has 0 fully saturated rings. The van der Waals surface area contributed by atoms with Crippen LogP contribution in [0.3, 0.4) is 0 Å². The van der Waals surface area contributed by atoms with Crippen molar-refractivity contribution in [1.82, 2.24) is 10.7 Å². The number of thiocarbonyl (C=S) groups is 1. The molecule has 0 aliphatic carbocycles. The highest BCUT2D eigenvalue weighted by Crippen LogP contribution is 2.38. The van der Waals surface area contributed by atoms with E-state index in [-0.39, 0.29) is 0 Å². The number of hydrogen-bond acceptors (Lipinski definition) is 5. The van der Waals surface area contributed by atoms with Gasteiger partial charge in [0.1, 0.15) is 6.61 Å². The second-order valence-corrected chi connectivity index (χ2v) is 6.98. The van der Waals surface area contributed by atoms with Crippen LogP contribution >= 0.6 is 12.2 Å². The van der Waals surface area contributed by atoms with Crippen LogP contribution in [0.15, 0.2) is 77.9 Å². The number of rotatable bonds is 9. The fourth-order valence-electron chi connectivity index (χ4n) is 2.83. The molecule has 2 N–H and O–H groups in total. The zero-order valence-electron chi connectivity index (χ0n) is 17.5. The van der Waals surface area contributed by atoms with E-state index in [9.17, 15) is 0 Å². The first-order valence-corrected chi connectivity index (χ1v) is 10.1. The van der Waals surface area contributed by atoms with Gasteiger partial charge in [-0.25, -0.2) is 0 Å². The number of ether oxygens (including phenoxy) is 3. The molecule has 31 heavy (non-hydrogen) atoms. The van der Waals surface area contributed by atoms with Gasteiger partial charge in [-0.3, -0.25) is 5.43 Å². The molecule has 0 radical (unpaired) electrons. The first-order chi connectivity index (χ1) is 15.2. The van der Waals surface area contributed by atoms with Crippen molar-refractivity contribution in [3.63, 3.8) is 0 Å². The van der Waals surface area contributed by atoms with Crippen LogP contribution in [0.1, 0.15) is 16.7 Å². The summed E-state index contributed by atoms with van der Waals surface area (Å²) < 4.78 is 17.0. The van der Waals surface area contributed by atoms with Crippen molar-refractivity contribution in [3.8, 4) is 17.2 Å². The number of hydrazone groups is 1. The number of hydrogen-bond donors (Lipinski definition) is 2. The van der Waals surface area contributed by atoms with Gasteiger partial charge >= 0.3 is 0 Å². The van der Waals surface area contributed by atoms with Crippen molar-refractivity contribution < 1.29 is 14.2 Å². The number of benzene rings is 3. The van der Waals surface area contributed by atoms with Gasteiger partial charge in [-0.2, -0.15) is 5.10 Å². The summed E-state index contributed by atoms with van der Waals surface area (Å²) in [6.45, 7) is 1.03. The molecule has 0 aliphatic heterocycles. The molecule has 3 aromatic rings. The molecule has 0 saturated carbocycles. The molecule has 0 spiro atoms. The Hall–Kier alpha value is -3.58. The minimum absolute atomic E-state index is 0.407. The Balaban J connectivity index is 1.62. The molecule has 0 heterocycles. The molecule has 0 saturated heterocycles. The van der Waals surface area contributed by atoms with E-state index >= 15 is 0 Å². The topological polar surface area (TPSA) is 64.1 Å². The van der Waals surface area contributed by atoms with Crippen molar-refractivity contribution in [2.75, 3.05) is 14.2 Å². The summed E-state index contributed by atoms with van der Waals surface area (Å²) in [5.74, 6) is 1.65. The molecule has 0 atom stereocenters. The molecule has 0 amide bonds. The molecular weight excluding hydrogens is 410 g/mol. The maximum absolute atomic E-state index is 5.97. The monoisotopic (exact) mass is 435 g/mol. The van der Waals surface area contributed by atoms with Gasteiger partial charge in [0.15, 0.2) is 16.6 Å². The molecule has 160 valence electrons. The largest absolute Gasteiger partial charge is 0.493 e. The van der Waals surface area contributed by atoms with Crippen molar-refractivity contribution in [2.45, 2.75) is 13.2 Å². The lowest BCUT2D eigenvalue weighted by molar-refractivity contribution is 0.266. The van der Waals surface area contributed by atoms with Crippen molar-refractivity contribution in [3.05, 3.63) is 89.5 Å². The summed E-state index contributed by atoms with van der Waals surface area (Å²) in [5.41, 5.74) is 5.78. The van der Waals surface area contributed by atoms with Gasteiger partial charge < -0.3 is 19.5 Å². The summed E-state index contributed by atoms with van der Waals surface area (Å²) in [6.07, 6.45) is 1.64. The van der Waals surface area contributed by atoms with Gasteiger partial charge in [0, 0.05) is 12.1 Å². The fraction of sp³-hybridized carbons (Fsp3) is 0.167. The third-order valence-corrected chi connectivity index (χ3v) is 4.62. The Bertz CT molecular complexity index is 986. The van der Waals surface area contributed by atoms with Gasteiger partial charge in [0.2, 0.25) is 5.75 Å². The Kier molecular flexibility index (Phi) is 8.25. The fourth-order valence-corrected chi connectivity index (χ4v) is 2.95. The van der Waals surface area contributed by atoms with E-state index in [0.29, 0.717) is 35.5 Å². The Labute approximate surface area is 187 Å². The third kappa shape index (κ3) is 6.72. The predicted molar refractivity (Wildman–Crippen MR) is 127 cm³/mol. The molecule has 0 bridgehead atoms. The maximum atomic E-state index is 5.97. The zero-order chi connectivity index (χ0) is 21.9. The number of nitrogens with one attached hydrogen (secondary N) is 2. The summed E-state index contributed by atoms with van der Waals surface area (Å²) in [5, 5.41) is 7.74. The summed E-state index contributed by atoms with van der Waals surface area (Å²) in [7, 11) is 3.18. The summed E-state index contributed by atoms with van der Waals surface area (Å²) >= 11 is 5.26. The average molecular weight is 436 g/mol. The molecule has 0 aromatic heterocycles. The molecule has 3 aromatic carbocycles. The van der Waals surface area contributed by atoms with Crippen LogP contribution in [0.4, 0.5) is 0 Å². The van der Waals surface area contributed by atoms with Crippen LogP contribution in [-0.2, 0) is 13.2 Å². The van der Waals surface area contributed by atoms with E-state index in [1.165, 1.54) is 0 Å². The first kappa shape index (κ1) is 22.1. The van der Waals surface area contributed by atoms with Crippen molar-refractivity contribution in [1.29, 1.82) is 0 Å². The smallest absolute Gasteiger partial charge is 0.203 e. The van der Waals surface area contributed by atoms with Crippen molar-refractivity contribution in [2.24, 2.45) is 5.10 Å². The van der Waals surface area contributed by atoms with Crippen LogP contribution in [0.25, 0.3) is 0 Å². The molecule has 0 unspecified atom stereocenters. The van der Waals surface area contributed by atoms with Crippen LogP contribution in [0.5, 0.6) is 17.2 Å². The lowest BCUT2D eigenvalue weighted by Crippen LogP contribution is -2.31. The zero-order valence-corrected chi connectivity index (χ0v) is 18.3. The van der Waals surface area contributed by atoms with E-state index < -0.39 is 0 Å². The lowest BCUT2D eigenvalue weighted by atomic mass is 10.2. The van der Waals surface area contributed by atoms with E-state index in [4.69, 9.17) is 26.4 Å². The van der Waals surface area contributed by atoms with Crippen molar-refractivity contribution >= 4 is 23.5 Å². The van der Waals surface area contributed by atoms with E-state index in [1.807, 2.05) is 72.8 Å². The minimum Gasteiger partial charge on any atom is -0.493 e. The lowest BCUT2D eigenvalue weighted by Gasteiger charge is -2.15. The molecule has 0 aliphatic rings. The van der Waals surface area contributed by atoms with E-state index in [2.05, 4.69) is 15.8 Å². The standard InChI is InChI=1S/C24H25N3O3S/c1-28-21-13-20(16-26-27-24(31)25-15-18-9-5-3-6-10-18)14-22(29-2)23(21)30-17-19-11-7-4-8-12-19/h3-14,16H,15,17H2,1-2H3,(H2,25,27,31)/b26-16-. The van der Waals surface area contributed by atoms with Gasteiger partial charge in [-0.1, -0.05) is 60.7 Å². The number of nitrogens with zero attached hydrogens (tertiary/aromatic N) is 1. The van der Waals surface area contributed by atoms with Gasteiger partial charge in [-0.15, -0.1) is 0 Å². The molecular formula is C24H25N3O3S. The van der Waals surface area contributed by atoms with Crippen LogP contribution in [0, 0.1) is 0 Å². The minimum atomic E-state index is 0.407. The second kappa shape index (κ2) is 11.6. The Morgan fingerprint density at radius 1 is 0.903 bits per heavy atom. The average Bonchev–Trinajstić information content (AvgIpc) is 2.82. The third-order valence-electron chi connectivity index (χ3n) is 4.38. The summed E-state index contributed by atoms with van der Waals surface area (Å²) in [4.78, 5) is 0. The predicted octanol–water partition coefficient (Wildman–Crippen LogP) is 4.28. The highest BCUT2D eigenvalue weighted by molar-refractivity contribution is 7.80. The van der Waals surface area contributed by atoms with Gasteiger partial charge in [0.25, 0.3) is 0 Å². The first-order valence-electron chi connectivity index (χ1n) is 9.73. The molecule has 3 rings (SSSR count). The van der Waals surface area contributed by atoms with E-state index in [0.717, 1.165) is 16.7 Å².